The molecule has 10 nitrogen and oxygen atoms in total. The number of carbonyl (C=O) groups is 2. The van der Waals surface area contributed by atoms with Gasteiger partial charge in [-0.05, 0) is 65.0 Å². The third-order valence-corrected chi connectivity index (χ3v) is 7.18. The molecule has 0 radical (unpaired) electrons. The number of halogens is 1. The zero-order valence-corrected chi connectivity index (χ0v) is 20.8. The molecule has 4 aromatic rings. The quantitative estimate of drug-likeness (QED) is 0.372. The molecule has 0 bridgehead atoms. The predicted molar refractivity (Wildman–Crippen MR) is 137 cm³/mol. The molecule has 0 spiro atoms. The molecule has 1 aromatic carbocycles. The van der Waals surface area contributed by atoms with Crippen molar-refractivity contribution in [2.24, 2.45) is 17.8 Å². The van der Waals surface area contributed by atoms with Crippen molar-refractivity contribution in [1.82, 2.24) is 19.6 Å². The highest BCUT2D eigenvalue weighted by Gasteiger charge is 2.45. The van der Waals surface area contributed by atoms with E-state index < -0.39 is 11.8 Å². The first-order valence-corrected chi connectivity index (χ1v) is 12.4. The van der Waals surface area contributed by atoms with Crippen LogP contribution in [0.2, 0.25) is 0 Å². The van der Waals surface area contributed by atoms with Gasteiger partial charge >= 0.3 is 0 Å². The number of rotatable bonds is 3. The van der Waals surface area contributed by atoms with E-state index in [-0.39, 0.29) is 17.7 Å². The second kappa shape index (κ2) is 8.59. The van der Waals surface area contributed by atoms with Gasteiger partial charge in [-0.1, -0.05) is 30.3 Å². The molecule has 11 heteroatoms. The number of amides is 2. The Morgan fingerprint density at radius 1 is 1.11 bits per heavy atom. The average Bonchev–Trinajstić information content (AvgIpc) is 3.45. The van der Waals surface area contributed by atoms with Gasteiger partial charge in [0.1, 0.15) is 22.6 Å². The number of anilines is 2. The Balaban J connectivity index is 1.38. The van der Waals surface area contributed by atoms with Crippen molar-refractivity contribution in [2.45, 2.75) is 19.8 Å². The van der Waals surface area contributed by atoms with Gasteiger partial charge in [0.15, 0.2) is 11.4 Å². The third kappa shape index (κ3) is 3.67. The van der Waals surface area contributed by atoms with Gasteiger partial charge in [0.2, 0.25) is 5.91 Å². The Hall–Kier alpha value is -3.99. The Morgan fingerprint density at radius 3 is 2.75 bits per heavy atom. The van der Waals surface area contributed by atoms with Gasteiger partial charge in [-0.15, -0.1) is 0 Å². The molecule has 1 unspecified atom stereocenters. The Morgan fingerprint density at radius 2 is 1.92 bits per heavy atom. The van der Waals surface area contributed by atoms with Crippen molar-refractivity contribution in [3.63, 3.8) is 0 Å². The summed E-state index contributed by atoms with van der Waals surface area (Å²) in [5.41, 5.74) is 8.08. The van der Waals surface area contributed by atoms with Crippen LogP contribution in [0.4, 0.5) is 11.6 Å². The van der Waals surface area contributed by atoms with Gasteiger partial charge in [-0.25, -0.2) is 15.0 Å². The van der Waals surface area contributed by atoms with Crippen LogP contribution < -0.4 is 21.1 Å². The van der Waals surface area contributed by atoms with Gasteiger partial charge in [0.05, 0.1) is 22.9 Å². The molecule has 0 saturated heterocycles. The minimum Gasteiger partial charge on any atom is -0.383 e. The summed E-state index contributed by atoms with van der Waals surface area (Å²) in [6.07, 6.45) is 2.48. The van der Waals surface area contributed by atoms with Gasteiger partial charge in [-0.3, -0.25) is 9.59 Å². The van der Waals surface area contributed by atoms with E-state index in [1.807, 2.05) is 31.2 Å². The van der Waals surface area contributed by atoms with Crippen LogP contribution in [0.1, 0.15) is 19.8 Å². The molecule has 4 heterocycles. The molecule has 2 aliphatic rings. The summed E-state index contributed by atoms with van der Waals surface area (Å²) < 4.78 is 2.23. The number of carbonyl (C=O) groups excluding carboxylic acids is 2. The van der Waals surface area contributed by atoms with E-state index in [9.17, 15) is 9.59 Å². The zero-order valence-electron chi connectivity index (χ0n) is 19.3. The molecular weight excluding hydrogens is 526 g/mol. The second-order valence-electron chi connectivity index (χ2n) is 9.16. The largest absolute Gasteiger partial charge is 0.383 e. The fraction of sp³-hybridized carbons (Fsp3) is 0.240. The summed E-state index contributed by atoms with van der Waals surface area (Å²) in [4.78, 5) is 46.3. The Labute approximate surface area is 214 Å². The number of para-hydroxylation sites is 1. The van der Waals surface area contributed by atoms with E-state index in [0.29, 0.717) is 51.6 Å². The number of nitrogen functional groups attached to an aromatic ring is 1. The van der Waals surface area contributed by atoms with E-state index >= 15 is 0 Å². The lowest BCUT2D eigenvalue weighted by atomic mass is 9.94. The highest BCUT2D eigenvalue weighted by molar-refractivity contribution is 9.10. The molecule has 1 aliphatic carbocycles. The number of fused-ring (bicyclic) bond motifs is 5. The number of nitrogens with two attached hydrogens (primary N) is 1. The van der Waals surface area contributed by atoms with Crippen LogP contribution in [0.3, 0.4) is 0 Å². The monoisotopic (exact) mass is 547 g/mol. The highest BCUT2D eigenvalue weighted by Crippen LogP contribution is 2.42. The Kier molecular flexibility index (Phi) is 5.36. The predicted octanol–water partition coefficient (Wildman–Crippen LogP) is 3.91. The highest BCUT2D eigenvalue weighted by atomic mass is 79.9. The van der Waals surface area contributed by atoms with Gasteiger partial charge in [-0.2, -0.15) is 4.68 Å². The maximum atomic E-state index is 14.1. The van der Waals surface area contributed by atoms with E-state index in [0.717, 1.165) is 5.56 Å². The van der Waals surface area contributed by atoms with E-state index in [1.165, 1.54) is 11.5 Å². The van der Waals surface area contributed by atoms with Crippen LogP contribution in [-0.2, 0) is 9.59 Å². The van der Waals surface area contributed by atoms with E-state index in [4.69, 9.17) is 10.6 Å². The molecule has 3 atom stereocenters. The smallest absolute Gasteiger partial charge is 0.282 e. The molecular formula is C25H22BrN7O3. The minimum atomic E-state index is -0.595. The standard InChI is InChI=1S/C25H22BrN7O3/c1-13-9-15(24(34)31-21-8-4-7-20(26)30-21)16(10-13)25(35)33-32-18(14-5-2-3-6-19(14)36-33)11-17-22(27)28-12-29-23(17)32/h2-8,11-13,15-16H,9-10H2,1H3,(H2,27,28,29)(H,30,31,34)/t13-,15-,16?/m0/s1. The Bertz CT molecular complexity index is 1520. The van der Waals surface area contributed by atoms with Crippen molar-refractivity contribution in [3.8, 4) is 17.0 Å². The summed E-state index contributed by atoms with van der Waals surface area (Å²) in [5, 5.41) is 4.69. The number of nitrogens with zero attached hydrogens (tertiary/aromatic N) is 5. The lowest BCUT2D eigenvalue weighted by molar-refractivity contribution is -0.134. The molecule has 6 rings (SSSR count). The SMILES string of the molecule is C[C@@H]1CC(C(=O)N2Oc3ccccc3-c3cc4c(N)ncnc4n32)[C@@H](C(=O)Nc2cccc(Br)n2)C1. The average molecular weight is 548 g/mol. The van der Waals surface area contributed by atoms with Crippen LogP contribution in [-0.4, -0.2) is 31.4 Å². The molecule has 1 fully saturated rings. The van der Waals surface area contributed by atoms with Crippen molar-refractivity contribution >= 4 is 50.4 Å². The number of aromatic nitrogens is 4. The van der Waals surface area contributed by atoms with Gasteiger partial charge in [0, 0.05) is 5.56 Å². The van der Waals surface area contributed by atoms with E-state index in [1.54, 1.807) is 28.9 Å². The maximum Gasteiger partial charge on any atom is 0.282 e. The number of hydrogen-bond donors (Lipinski definition) is 2. The van der Waals surface area contributed by atoms with Crippen LogP contribution in [0.15, 0.2) is 59.5 Å². The molecule has 3 aromatic heterocycles. The van der Waals surface area contributed by atoms with Crippen molar-refractivity contribution in [2.75, 3.05) is 16.2 Å². The van der Waals surface area contributed by atoms with Crippen LogP contribution in [0.25, 0.3) is 22.3 Å². The number of pyridine rings is 1. The van der Waals surface area contributed by atoms with E-state index in [2.05, 4.69) is 36.2 Å². The number of nitrogens with one attached hydrogen (secondary N) is 1. The van der Waals surface area contributed by atoms with Crippen LogP contribution in [0.5, 0.6) is 5.75 Å². The topological polar surface area (TPSA) is 128 Å². The first-order valence-electron chi connectivity index (χ1n) is 11.6. The van der Waals surface area contributed by atoms with Crippen LogP contribution >= 0.6 is 15.9 Å². The molecule has 3 N–H and O–H groups in total. The fourth-order valence-electron chi connectivity index (χ4n) is 5.12. The summed E-state index contributed by atoms with van der Waals surface area (Å²) >= 11 is 3.32. The molecule has 1 aliphatic heterocycles. The normalized spacial score (nSPS) is 20.5. The lowest BCUT2D eigenvalue weighted by Gasteiger charge is -2.33. The second-order valence-corrected chi connectivity index (χ2v) is 9.97. The first-order chi connectivity index (χ1) is 17.4. The van der Waals surface area contributed by atoms with Crippen LogP contribution in [0, 0.1) is 17.8 Å². The van der Waals surface area contributed by atoms with Crippen molar-refractivity contribution in [3.05, 3.63) is 59.5 Å². The lowest BCUT2D eigenvalue weighted by Crippen LogP contribution is -2.50. The minimum absolute atomic E-state index is 0.182. The third-order valence-electron chi connectivity index (χ3n) is 6.74. The van der Waals surface area contributed by atoms with Crippen molar-refractivity contribution in [1.29, 1.82) is 0 Å². The first kappa shape index (κ1) is 22.5. The molecule has 36 heavy (non-hydrogen) atoms. The number of hydroxylamine groups is 1. The van der Waals surface area contributed by atoms with Gasteiger partial charge < -0.3 is 15.9 Å². The fourth-order valence-corrected chi connectivity index (χ4v) is 5.47. The number of benzene rings is 1. The summed E-state index contributed by atoms with van der Waals surface area (Å²) in [6.45, 7) is 2.04. The van der Waals surface area contributed by atoms with Crippen molar-refractivity contribution < 1.29 is 14.4 Å². The zero-order chi connectivity index (χ0) is 25.0. The molecule has 1 saturated carbocycles. The summed E-state index contributed by atoms with van der Waals surface area (Å²) in [6, 6.07) is 14.6. The molecule has 182 valence electrons. The molecule has 2 amide bonds. The maximum absolute atomic E-state index is 14.1. The number of hydrogen-bond acceptors (Lipinski definition) is 7. The summed E-state index contributed by atoms with van der Waals surface area (Å²) in [7, 11) is 0. The summed E-state index contributed by atoms with van der Waals surface area (Å²) in [5.74, 6) is -0.272. The van der Waals surface area contributed by atoms with Gasteiger partial charge in [0.25, 0.3) is 5.91 Å².